The summed E-state index contributed by atoms with van der Waals surface area (Å²) in [5.41, 5.74) is 3.77. The lowest BCUT2D eigenvalue weighted by Crippen LogP contribution is -2.14. The van der Waals surface area contributed by atoms with E-state index in [9.17, 15) is 9.90 Å². The van der Waals surface area contributed by atoms with Gasteiger partial charge in [-0.05, 0) is 29.7 Å². The molecule has 4 nitrogen and oxygen atoms in total. The number of H-pyrrole nitrogens is 1. The van der Waals surface area contributed by atoms with Crippen LogP contribution in [0.1, 0.15) is 29.8 Å². The van der Waals surface area contributed by atoms with Crippen LogP contribution in [0.5, 0.6) is 0 Å². The highest BCUT2D eigenvalue weighted by Crippen LogP contribution is 2.20. The largest absolute Gasteiger partial charge is 0.388 e. The van der Waals surface area contributed by atoms with Gasteiger partial charge >= 0.3 is 0 Å². The van der Waals surface area contributed by atoms with Crippen molar-refractivity contribution < 1.29 is 5.11 Å². The van der Waals surface area contributed by atoms with Crippen LogP contribution in [0, 0.1) is 0 Å². The molecule has 0 spiro atoms. The van der Waals surface area contributed by atoms with Crippen LogP contribution in [0.2, 0.25) is 0 Å². The number of aryl methyl sites for hydroxylation is 1. The average molecular weight is 294 g/mol. The lowest BCUT2D eigenvalue weighted by atomic mass is 10.0. The van der Waals surface area contributed by atoms with Crippen LogP contribution in [-0.2, 0) is 12.8 Å². The third-order valence-corrected chi connectivity index (χ3v) is 3.78. The molecule has 2 N–H and O–H groups in total. The number of aromatic nitrogens is 2. The molecule has 3 aromatic rings. The van der Waals surface area contributed by atoms with Gasteiger partial charge in [0, 0.05) is 6.42 Å². The Balaban J connectivity index is 1.91. The van der Waals surface area contributed by atoms with Gasteiger partial charge in [0.1, 0.15) is 5.69 Å². The summed E-state index contributed by atoms with van der Waals surface area (Å²) in [6, 6.07) is 15.3. The minimum absolute atomic E-state index is 0.132. The van der Waals surface area contributed by atoms with Gasteiger partial charge in [0.2, 0.25) is 0 Å². The van der Waals surface area contributed by atoms with E-state index in [1.54, 1.807) is 0 Å². The van der Waals surface area contributed by atoms with Crippen LogP contribution in [-0.4, -0.2) is 15.1 Å². The zero-order valence-electron chi connectivity index (χ0n) is 12.4. The first-order valence-corrected chi connectivity index (χ1v) is 7.42. The Morgan fingerprint density at radius 3 is 2.68 bits per heavy atom. The second-order valence-corrected chi connectivity index (χ2v) is 5.35. The molecule has 0 amide bonds. The van der Waals surface area contributed by atoms with Gasteiger partial charge in [-0.3, -0.25) is 4.79 Å². The Labute approximate surface area is 128 Å². The first-order chi connectivity index (χ1) is 10.7. The Bertz CT molecular complexity index is 841. The predicted molar refractivity (Wildman–Crippen MR) is 86.8 cm³/mol. The number of benzene rings is 2. The maximum atomic E-state index is 11.8. The van der Waals surface area contributed by atoms with Gasteiger partial charge in [-0.25, -0.2) is 4.98 Å². The number of nitrogens with zero attached hydrogens (tertiary/aromatic N) is 1. The summed E-state index contributed by atoms with van der Waals surface area (Å²) in [4.78, 5) is 19.0. The summed E-state index contributed by atoms with van der Waals surface area (Å²) in [6.07, 6.45) is 0.566. The van der Waals surface area contributed by atoms with Crippen molar-refractivity contribution in [3.8, 4) is 0 Å². The molecular weight excluding hydrogens is 276 g/mol. The van der Waals surface area contributed by atoms with Gasteiger partial charge in [0.15, 0.2) is 0 Å². The lowest BCUT2D eigenvalue weighted by Gasteiger charge is -2.11. The van der Waals surface area contributed by atoms with E-state index in [0.717, 1.165) is 22.2 Å². The van der Waals surface area contributed by atoms with Crippen LogP contribution in [0.15, 0.2) is 53.3 Å². The molecule has 0 saturated heterocycles. The molecule has 112 valence electrons. The summed E-state index contributed by atoms with van der Waals surface area (Å²) < 4.78 is 0. The molecule has 0 radical (unpaired) electrons. The molecule has 1 unspecified atom stereocenters. The van der Waals surface area contributed by atoms with E-state index >= 15 is 0 Å². The molecule has 4 heteroatoms. The van der Waals surface area contributed by atoms with Gasteiger partial charge in [-0.1, -0.05) is 43.3 Å². The number of aromatic amines is 1. The van der Waals surface area contributed by atoms with Crippen molar-refractivity contribution in [3.05, 3.63) is 75.7 Å². The fourth-order valence-electron chi connectivity index (χ4n) is 2.55. The molecule has 22 heavy (non-hydrogen) atoms. The fourth-order valence-corrected chi connectivity index (χ4v) is 2.55. The number of hydrogen-bond donors (Lipinski definition) is 2. The molecule has 3 rings (SSSR count). The molecule has 2 aromatic carbocycles. The van der Waals surface area contributed by atoms with E-state index in [1.165, 1.54) is 0 Å². The van der Waals surface area contributed by atoms with Gasteiger partial charge in [-0.15, -0.1) is 0 Å². The van der Waals surface area contributed by atoms with Crippen molar-refractivity contribution in [1.82, 2.24) is 9.97 Å². The normalized spacial score (nSPS) is 12.5. The Morgan fingerprint density at radius 2 is 1.95 bits per heavy atom. The smallest absolute Gasteiger partial charge is 0.270 e. The number of aliphatic hydroxyl groups excluding tert-OH is 1. The van der Waals surface area contributed by atoms with Crippen LogP contribution in [0.4, 0.5) is 0 Å². The van der Waals surface area contributed by atoms with Crippen LogP contribution < -0.4 is 5.56 Å². The monoisotopic (exact) mass is 294 g/mol. The van der Waals surface area contributed by atoms with Crippen LogP contribution in [0.3, 0.4) is 0 Å². The van der Waals surface area contributed by atoms with Crippen molar-refractivity contribution >= 4 is 11.0 Å². The Hall–Kier alpha value is -2.46. The van der Waals surface area contributed by atoms with Crippen molar-refractivity contribution in [2.75, 3.05) is 0 Å². The predicted octanol–water partition coefficient (Wildman–Crippen LogP) is 2.76. The van der Waals surface area contributed by atoms with E-state index in [-0.39, 0.29) is 5.56 Å². The first-order valence-electron chi connectivity index (χ1n) is 7.42. The van der Waals surface area contributed by atoms with Crippen molar-refractivity contribution in [2.45, 2.75) is 25.9 Å². The minimum atomic E-state index is -0.549. The zero-order valence-corrected chi connectivity index (χ0v) is 12.4. The maximum Gasteiger partial charge on any atom is 0.270 e. The second kappa shape index (κ2) is 6.12. The summed E-state index contributed by atoms with van der Waals surface area (Å²) in [6.45, 7) is 1.91. The number of hydrogen-bond acceptors (Lipinski definition) is 3. The minimum Gasteiger partial charge on any atom is -0.388 e. The summed E-state index contributed by atoms with van der Waals surface area (Å²) >= 11 is 0. The number of aliphatic hydroxyl groups is 1. The molecule has 0 bridgehead atoms. The van der Waals surface area contributed by atoms with Crippen molar-refractivity contribution in [3.63, 3.8) is 0 Å². The van der Waals surface area contributed by atoms with E-state index in [2.05, 4.69) is 9.97 Å². The highest BCUT2D eigenvalue weighted by atomic mass is 16.3. The SMILES string of the molecule is CCc1nc2cc(CC(O)c3ccccc3)ccc2[nH]c1=O. The van der Waals surface area contributed by atoms with E-state index in [4.69, 9.17) is 0 Å². The molecule has 1 aromatic heterocycles. The highest BCUT2D eigenvalue weighted by Gasteiger charge is 2.09. The standard InChI is InChI=1S/C18H18N2O2/c1-2-14-18(22)20-15-9-8-12(10-16(15)19-14)11-17(21)13-6-4-3-5-7-13/h3-10,17,21H,2,11H2,1H3,(H,20,22). The quantitative estimate of drug-likeness (QED) is 0.777. The maximum absolute atomic E-state index is 11.8. The Morgan fingerprint density at radius 1 is 1.18 bits per heavy atom. The summed E-state index contributed by atoms with van der Waals surface area (Å²) in [5.74, 6) is 0. The summed E-state index contributed by atoms with van der Waals surface area (Å²) in [5, 5.41) is 10.3. The number of nitrogens with one attached hydrogen (secondary N) is 1. The topological polar surface area (TPSA) is 66.0 Å². The Kier molecular flexibility index (Phi) is 4.02. The van der Waals surface area contributed by atoms with Gasteiger partial charge in [-0.2, -0.15) is 0 Å². The van der Waals surface area contributed by atoms with Gasteiger partial charge in [0.25, 0.3) is 5.56 Å². The first kappa shape index (κ1) is 14.5. The molecular formula is C18H18N2O2. The zero-order chi connectivity index (χ0) is 15.5. The summed E-state index contributed by atoms with van der Waals surface area (Å²) in [7, 11) is 0. The van der Waals surface area contributed by atoms with Crippen LogP contribution >= 0.6 is 0 Å². The van der Waals surface area contributed by atoms with Gasteiger partial charge < -0.3 is 10.1 Å². The second-order valence-electron chi connectivity index (χ2n) is 5.35. The average Bonchev–Trinajstić information content (AvgIpc) is 2.55. The van der Waals surface area contributed by atoms with E-state index in [0.29, 0.717) is 18.5 Å². The number of rotatable bonds is 4. The van der Waals surface area contributed by atoms with E-state index in [1.807, 2.05) is 55.5 Å². The third-order valence-electron chi connectivity index (χ3n) is 3.78. The highest BCUT2D eigenvalue weighted by molar-refractivity contribution is 5.74. The lowest BCUT2D eigenvalue weighted by molar-refractivity contribution is 0.178. The van der Waals surface area contributed by atoms with E-state index < -0.39 is 6.10 Å². The third kappa shape index (κ3) is 2.92. The molecule has 0 saturated carbocycles. The molecule has 1 heterocycles. The van der Waals surface area contributed by atoms with Crippen molar-refractivity contribution in [2.24, 2.45) is 0 Å². The molecule has 0 aliphatic heterocycles. The fraction of sp³-hybridized carbons (Fsp3) is 0.222. The molecule has 0 aliphatic rings. The van der Waals surface area contributed by atoms with Crippen LogP contribution in [0.25, 0.3) is 11.0 Å². The van der Waals surface area contributed by atoms with Crippen molar-refractivity contribution in [1.29, 1.82) is 0 Å². The van der Waals surface area contributed by atoms with Gasteiger partial charge in [0.05, 0.1) is 17.1 Å². The molecule has 0 aliphatic carbocycles. The molecule has 1 atom stereocenters. The molecule has 0 fully saturated rings. The number of fused-ring (bicyclic) bond motifs is 1.